The Bertz CT molecular complexity index is 893. The summed E-state index contributed by atoms with van der Waals surface area (Å²) in [5.41, 5.74) is 0.430. The van der Waals surface area contributed by atoms with Gasteiger partial charge in [-0.3, -0.25) is 24.6 Å². The van der Waals surface area contributed by atoms with E-state index >= 15 is 0 Å². The molecule has 1 N–H and O–H groups in total. The van der Waals surface area contributed by atoms with Crippen molar-refractivity contribution in [2.45, 2.75) is 12.8 Å². The van der Waals surface area contributed by atoms with Crippen molar-refractivity contribution in [3.63, 3.8) is 0 Å². The molecule has 29 heavy (non-hydrogen) atoms. The number of ether oxygens (including phenoxy) is 1. The van der Waals surface area contributed by atoms with E-state index in [1.54, 1.807) is 30.3 Å². The van der Waals surface area contributed by atoms with Gasteiger partial charge in [-0.2, -0.15) is 0 Å². The maximum absolute atomic E-state index is 12.7. The van der Waals surface area contributed by atoms with Crippen LogP contribution in [0.5, 0.6) is 0 Å². The fraction of sp³-hybridized carbons (Fsp3) is 0.333. The van der Waals surface area contributed by atoms with Crippen LogP contribution in [-0.4, -0.2) is 54.4 Å². The maximum Gasteiger partial charge on any atom is 0.282 e. The number of benzene rings is 2. The number of hydrogen-bond donors (Lipinski definition) is 1. The second-order valence-corrected chi connectivity index (χ2v) is 6.75. The Morgan fingerprint density at radius 3 is 2.41 bits per heavy atom. The molecule has 1 amide bonds. The zero-order chi connectivity index (χ0) is 20.6. The Hall–Kier alpha value is -3.10. The highest BCUT2D eigenvalue weighted by Gasteiger charge is 2.21. The van der Waals surface area contributed by atoms with Crippen LogP contribution in [0.4, 0.5) is 11.4 Å². The van der Waals surface area contributed by atoms with Crippen LogP contribution in [0, 0.1) is 10.1 Å². The Kier molecular flexibility index (Phi) is 7.04. The first kappa shape index (κ1) is 20.6. The second kappa shape index (κ2) is 9.90. The van der Waals surface area contributed by atoms with Gasteiger partial charge in [0.25, 0.3) is 11.6 Å². The van der Waals surface area contributed by atoms with Gasteiger partial charge in [-0.15, -0.1) is 0 Å². The zero-order valence-corrected chi connectivity index (χ0v) is 16.0. The molecule has 0 spiro atoms. The molecular weight excluding hydrogens is 374 g/mol. The van der Waals surface area contributed by atoms with E-state index in [0.29, 0.717) is 37.3 Å². The number of hydrogen-bond acceptors (Lipinski definition) is 6. The Balaban J connectivity index is 1.66. The molecule has 0 atom stereocenters. The van der Waals surface area contributed by atoms with Crippen molar-refractivity contribution in [1.29, 1.82) is 0 Å². The van der Waals surface area contributed by atoms with Crippen LogP contribution in [0.15, 0.2) is 48.5 Å². The quantitative estimate of drug-likeness (QED) is 0.417. The Morgan fingerprint density at radius 1 is 1.03 bits per heavy atom. The van der Waals surface area contributed by atoms with Crippen molar-refractivity contribution in [1.82, 2.24) is 4.90 Å². The van der Waals surface area contributed by atoms with Crippen molar-refractivity contribution in [2.75, 3.05) is 38.2 Å². The van der Waals surface area contributed by atoms with Gasteiger partial charge in [-0.05, 0) is 31.2 Å². The number of carbonyl (C=O) groups excluding carboxylic acids is 2. The Labute approximate surface area is 168 Å². The van der Waals surface area contributed by atoms with Gasteiger partial charge in [0, 0.05) is 31.1 Å². The normalized spacial score (nSPS) is 14.3. The van der Waals surface area contributed by atoms with Crippen molar-refractivity contribution in [3.8, 4) is 0 Å². The lowest BCUT2D eigenvalue weighted by Gasteiger charge is -2.26. The summed E-state index contributed by atoms with van der Waals surface area (Å²) < 4.78 is 5.32. The summed E-state index contributed by atoms with van der Waals surface area (Å²) >= 11 is 0. The van der Waals surface area contributed by atoms with Gasteiger partial charge in [0.15, 0.2) is 5.78 Å². The number of nitrogens with one attached hydrogen (secondary N) is 1. The first-order valence-corrected chi connectivity index (χ1v) is 9.53. The van der Waals surface area contributed by atoms with Gasteiger partial charge < -0.3 is 10.1 Å². The van der Waals surface area contributed by atoms with Gasteiger partial charge in [0.1, 0.15) is 5.56 Å². The topological polar surface area (TPSA) is 102 Å². The van der Waals surface area contributed by atoms with Crippen LogP contribution in [0.1, 0.15) is 33.6 Å². The highest BCUT2D eigenvalue weighted by molar-refractivity contribution is 6.11. The molecule has 1 fully saturated rings. The molecule has 8 nitrogen and oxygen atoms in total. The van der Waals surface area contributed by atoms with E-state index < -0.39 is 10.8 Å². The van der Waals surface area contributed by atoms with Gasteiger partial charge in [0.05, 0.1) is 23.8 Å². The van der Waals surface area contributed by atoms with E-state index in [2.05, 4.69) is 10.2 Å². The minimum Gasteiger partial charge on any atom is -0.379 e. The number of para-hydroxylation sites is 2. The lowest BCUT2D eigenvalue weighted by atomic mass is 10.0. The number of nitrogens with zero attached hydrogens (tertiary/aromatic N) is 2. The first-order chi connectivity index (χ1) is 14.1. The number of nitro benzene ring substituents is 1. The van der Waals surface area contributed by atoms with E-state index in [9.17, 15) is 19.7 Å². The standard InChI is InChI=1S/C21H23N3O5/c25-20(10-5-11-23-12-14-29-15-13-23)16-6-1-3-8-18(16)22-21(26)17-7-2-4-9-19(17)24(27)28/h1-4,6-9H,5,10-15H2,(H,22,26). The van der Waals surface area contributed by atoms with Crippen LogP contribution in [0.2, 0.25) is 0 Å². The van der Waals surface area contributed by atoms with Gasteiger partial charge in [-0.25, -0.2) is 0 Å². The predicted octanol–water partition coefficient (Wildman–Crippen LogP) is 3.14. The molecule has 1 saturated heterocycles. The third-order valence-electron chi connectivity index (χ3n) is 4.80. The number of anilines is 1. The predicted molar refractivity (Wildman–Crippen MR) is 108 cm³/mol. The Morgan fingerprint density at radius 2 is 1.69 bits per heavy atom. The summed E-state index contributed by atoms with van der Waals surface area (Å²) in [4.78, 5) is 38.1. The van der Waals surface area contributed by atoms with Crippen molar-refractivity contribution in [3.05, 3.63) is 69.8 Å². The summed E-state index contributed by atoms with van der Waals surface area (Å²) in [5, 5.41) is 13.8. The minimum atomic E-state index is -0.620. The van der Waals surface area contributed by atoms with Crippen LogP contribution in [0.25, 0.3) is 0 Å². The van der Waals surface area contributed by atoms with E-state index in [1.165, 1.54) is 18.2 Å². The SMILES string of the molecule is O=C(CCCN1CCOCC1)c1ccccc1NC(=O)c1ccccc1[N+](=O)[O-]. The minimum absolute atomic E-state index is 0.0490. The molecule has 1 aliphatic heterocycles. The van der Waals surface area contributed by atoms with Gasteiger partial charge >= 0.3 is 0 Å². The lowest BCUT2D eigenvalue weighted by molar-refractivity contribution is -0.385. The number of ketones is 1. The number of amides is 1. The molecule has 8 heteroatoms. The highest BCUT2D eigenvalue weighted by atomic mass is 16.6. The van der Waals surface area contributed by atoms with Crippen LogP contribution in [0.3, 0.4) is 0 Å². The zero-order valence-electron chi connectivity index (χ0n) is 16.0. The first-order valence-electron chi connectivity index (χ1n) is 9.53. The average Bonchev–Trinajstić information content (AvgIpc) is 2.74. The third-order valence-corrected chi connectivity index (χ3v) is 4.80. The molecule has 0 radical (unpaired) electrons. The molecule has 2 aromatic carbocycles. The molecule has 0 aliphatic carbocycles. The van der Waals surface area contributed by atoms with Crippen molar-refractivity contribution in [2.24, 2.45) is 0 Å². The van der Waals surface area contributed by atoms with E-state index in [0.717, 1.165) is 19.6 Å². The smallest absolute Gasteiger partial charge is 0.282 e. The molecule has 0 bridgehead atoms. The van der Waals surface area contributed by atoms with Crippen LogP contribution in [-0.2, 0) is 4.74 Å². The second-order valence-electron chi connectivity index (χ2n) is 6.75. The van der Waals surface area contributed by atoms with Gasteiger partial charge in [0.2, 0.25) is 0 Å². The monoisotopic (exact) mass is 397 g/mol. The number of rotatable bonds is 8. The average molecular weight is 397 g/mol. The van der Waals surface area contributed by atoms with Crippen LogP contribution < -0.4 is 5.32 Å². The van der Waals surface area contributed by atoms with Crippen LogP contribution >= 0.6 is 0 Å². The number of nitro groups is 1. The summed E-state index contributed by atoms with van der Waals surface area (Å²) in [6, 6.07) is 12.5. The number of morpholine rings is 1. The largest absolute Gasteiger partial charge is 0.379 e. The van der Waals surface area contributed by atoms with E-state index in [4.69, 9.17) is 4.74 Å². The van der Waals surface area contributed by atoms with Crippen molar-refractivity contribution < 1.29 is 19.2 Å². The molecule has 2 aromatic rings. The molecule has 0 saturated carbocycles. The molecule has 0 unspecified atom stereocenters. The summed E-state index contributed by atoms with van der Waals surface area (Å²) in [6.07, 6.45) is 1.07. The lowest BCUT2D eigenvalue weighted by Crippen LogP contribution is -2.36. The van der Waals surface area contributed by atoms with E-state index in [1.807, 2.05) is 0 Å². The summed E-state index contributed by atoms with van der Waals surface area (Å²) in [7, 11) is 0. The molecule has 152 valence electrons. The fourth-order valence-electron chi connectivity index (χ4n) is 3.27. The maximum atomic E-state index is 12.7. The van der Waals surface area contributed by atoms with E-state index in [-0.39, 0.29) is 17.0 Å². The number of carbonyl (C=O) groups is 2. The fourth-order valence-corrected chi connectivity index (χ4v) is 3.27. The van der Waals surface area contributed by atoms with Gasteiger partial charge in [-0.1, -0.05) is 24.3 Å². The highest BCUT2D eigenvalue weighted by Crippen LogP contribution is 2.22. The molecule has 0 aromatic heterocycles. The van der Waals surface area contributed by atoms with Crippen molar-refractivity contribution >= 4 is 23.1 Å². The number of Topliss-reactive ketones (excluding diaryl/α,β-unsaturated/α-hetero) is 1. The molecular formula is C21H23N3O5. The third kappa shape index (κ3) is 5.46. The summed E-state index contributed by atoms with van der Waals surface area (Å²) in [5.74, 6) is -0.692. The molecule has 1 aliphatic rings. The summed E-state index contributed by atoms with van der Waals surface area (Å²) in [6.45, 7) is 4.00. The molecule has 1 heterocycles. The molecule has 3 rings (SSSR count).